The van der Waals surface area contributed by atoms with Crippen molar-refractivity contribution in [3.63, 3.8) is 0 Å². The van der Waals surface area contributed by atoms with Gasteiger partial charge in [0.2, 0.25) is 5.78 Å². The van der Waals surface area contributed by atoms with Gasteiger partial charge >= 0.3 is 0 Å². The number of methoxy groups -OCH3 is 1. The zero-order valence-corrected chi connectivity index (χ0v) is 13.7. The molecule has 1 aliphatic carbocycles. The van der Waals surface area contributed by atoms with Crippen LogP contribution in [0.4, 0.5) is 0 Å². The molecule has 0 saturated carbocycles. The maximum atomic E-state index is 11.8. The van der Waals surface area contributed by atoms with Crippen molar-refractivity contribution in [1.82, 2.24) is 0 Å². The van der Waals surface area contributed by atoms with Gasteiger partial charge in [-0.15, -0.1) is 0 Å². The van der Waals surface area contributed by atoms with Gasteiger partial charge in [0.1, 0.15) is 5.75 Å². The van der Waals surface area contributed by atoms with E-state index in [0.717, 1.165) is 5.56 Å². The summed E-state index contributed by atoms with van der Waals surface area (Å²) >= 11 is 0. The van der Waals surface area contributed by atoms with Gasteiger partial charge in [0, 0.05) is 0 Å². The summed E-state index contributed by atoms with van der Waals surface area (Å²) in [6, 6.07) is 6.40. The SMILES string of the molecule is COC1=C/C(=C/C=C(\O)CC(=O)/C=C/c2ccc(O)cc2)C=CC1=O. The molecular formula is C20H18O5. The maximum absolute atomic E-state index is 11.8. The Morgan fingerprint density at radius 2 is 1.92 bits per heavy atom. The normalized spacial score (nSPS) is 16.4. The Balaban J connectivity index is 1.96. The van der Waals surface area contributed by atoms with E-state index < -0.39 is 0 Å². The molecular weight excluding hydrogens is 320 g/mol. The van der Waals surface area contributed by atoms with Crippen LogP contribution in [0.5, 0.6) is 5.75 Å². The minimum atomic E-state index is -0.261. The van der Waals surface area contributed by atoms with E-state index in [-0.39, 0.29) is 35.3 Å². The number of aliphatic hydroxyl groups excluding tert-OH is 1. The lowest BCUT2D eigenvalue weighted by molar-refractivity contribution is -0.115. The Hall–Kier alpha value is -3.34. The van der Waals surface area contributed by atoms with Gasteiger partial charge in [-0.3, -0.25) is 9.59 Å². The largest absolute Gasteiger partial charge is 0.512 e. The first-order valence-electron chi connectivity index (χ1n) is 7.56. The van der Waals surface area contributed by atoms with Gasteiger partial charge in [-0.05, 0) is 47.6 Å². The molecule has 25 heavy (non-hydrogen) atoms. The molecule has 5 nitrogen and oxygen atoms in total. The number of aliphatic hydroxyl groups is 1. The van der Waals surface area contributed by atoms with Gasteiger partial charge in [-0.1, -0.05) is 30.4 Å². The van der Waals surface area contributed by atoms with Gasteiger partial charge in [0.05, 0.1) is 19.3 Å². The van der Waals surface area contributed by atoms with Gasteiger partial charge in [0.25, 0.3) is 0 Å². The standard InChI is InChI=1S/C20H18O5/c1-25-20-12-15(6-11-19(20)24)5-10-18(23)13-17(22)9-4-14-2-7-16(21)8-3-14/h2-12,21,23H,13H2,1H3/b9-4+,15-5+,18-10-. The van der Waals surface area contributed by atoms with Crippen molar-refractivity contribution < 1.29 is 24.5 Å². The van der Waals surface area contributed by atoms with Crippen molar-refractivity contribution in [2.45, 2.75) is 6.42 Å². The summed E-state index contributed by atoms with van der Waals surface area (Å²) in [5.74, 6) is -0.202. The van der Waals surface area contributed by atoms with Crippen LogP contribution in [-0.2, 0) is 14.3 Å². The topological polar surface area (TPSA) is 83.8 Å². The molecule has 0 radical (unpaired) electrons. The zero-order valence-electron chi connectivity index (χ0n) is 13.7. The van der Waals surface area contributed by atoms with Crippen LogP contribution in [0.1, 0.15) is 12.0 Å². The van der Waals surface area contributed by atoms with Crippen molar-refractivity contribution in [2.75, 3.05) is 7.11 Å². The molecule has 0 bridgehead atoms. The first kappa shape index (κ1) is 18.0. The molecule has 0 fully saturated rings. The highest BCUT2D eigenvalue weighted by Gasteiger charge is 2.10. The summed E-state index contributed by atoms with van der Waals surface area (Å²) in [6.07, 6.45) is 10.4. The number of aromatic hydroxyl groups is 1. The first-order valence-corrected chi connectivity index (χ1v) is 7.56. The highest BCUT2D eigenvalue weighted by atomic mass is 16.5. The molecule has 1 aromatic rings. The fourth-order valence-corrected chi connectivity index (χ4v) is 2.05. The average molecular weight is 338 g/mol. The smallest absolute Gasteiger partial charge is 0.220 e. The summed E-state index contributed by atoms with van der Waals surface area (Å²) < 4.78 is 4.94. The number of rotatable bonds is 6. The molecule has 0 amide bonds. The summed E-state index contributed by atoms with van der Waals surface area (Å²) in [6.45, 7) is 0. The number of ketones is 2. The molecule has 0 heterocycles. The molecule has 0 atom stereocenters. The number of hydrogen-bond acceptors (Lipinski definition) is 5. The van der Waals surface area contributed by atoms with Crippen molar-refractivity contribution in [1.29, 1.82) is 0 Å². The minimum absolute atomic E-state index is 0.0921. The first-order chi connectivity index (χ1) is 12.0. The summed E-state index contributed by atoms with van der Waals surface area (Å²) in [5, 5.41) is 19.0. The predicted octanol–water partition coefficient (Wildman–Crippen LogP) is 3.40. The van der Waals surface area contributed by atoms with Crippen LogP contribution in [0.15, 0.2) is 77.8 Å². The lowest BCUT2D eigenvalue weighted by atomic mass is 10.1. The number of benzene rings is 1. The quantitative estimate of drug-likeness (QED) is 0.613. The Labute approximate surface area is 145 Å². The van der Waals surface area contributed by atoms with E-state index in [1.54, 1.807) is 36.4 Å². The van der Waals surface area contributed by atoms with Crippen molar-refractivity contribution in [2.24, 2.45) is 0 Å². The highest BCUT2D eigenvalue weighted by molar-refractivity contribution is 6.04. The predicted molar refractivity (Wildman–Crippen MR) is 94.8 cm³/mol. The van der Waals surface area contributed by atoms with Crippen LogP contribution in [0.3, 0.4) is 0 Å². The lowest BCUT2D eigenvalue weighted by Crippen LogP contribution is -2.04. The number of ether oxygens (including phenoxy) is 1. The zero-order chi connectivity index (χ0) is 18.2. The third-order valence-corrected chi connectivity index (χ3v) is 3.37. The number of hydrogen-bond donors (Lipinski definition) is 2. The number of allylic oxidation sites excluding steroid dienone is 8. The molecule has 0 aromatic heterocycles. The van der Waals surface area contributed by atoms with Gasteiger partial charge in [0.15, 0.2) is 11.5 Å². The van der Waals surface area contributed by atoms with Crippen molar-refractivity contribution in [3.05, 3.63) is 83.4 Å². The van der Waals surface area contributed by atoms with E-state index in [0.29, 0.717) is 5.57 Å². The van der Waals surface area contributed by atoms with E-state index in [1.165, 1.54) is 37.5 Å². The minimum Gasteiger partial charge on any atom is -0.512 e. The van der Waals surface area contributed by atoms with Crippen LogP contribution in [0, 0.1) is 0 Å². The Kier molecular flexibility index (Phi) is 6.12. The van der Waals surface area contributed by atoms with Crippen LogP contribution >= 0.6 is 0 Å². The Morgan fingerprint density at radius 3 is 2.60 bits per heavy atom. The van der Waals surface area contributed by atoms with Crippen LogP contribution in [0.2, 0.25) is 0 Å². The fraction of sp³-hybridized carbons (Fsp3) is 0.100. The Bertz CT molecular complexity index is 805. The molecule has 0 unspecified atom stereocenters. The van der Waals surface area contributed by atoms with Gasteiger partial charge < -0.3 is 14.9 Å². The van der Waals surface area contributed by atoms with E-state index in [1.807, 2.05) is 0 Å². The van der Waals surface area contributed by atoms with E-state index >= 15 is 0 Å². The third kappa shape index (κ3) is 5.66. The molecule has 2 N–H and O–H groups in total. The van der Waals surface area contributed by atoms with Gasteiger partial charge in [-0.2, -0.15) is 0 Å². The second-order valence-corrected chi connectivity index (χ2v) is 5.30. The van der Waals surface area contributed by atoms with Gasteiger partial charge in [-0.25, -0.2) is 0 Å². The molecule has 1 aromatic carbocycles. The number of carbonyl (C=O) groups excluding carboxylic acids is 2. The molecule has 0 aliphatic heterocycles. The molecule has 128 valence electrons. The molecule has 5 heteroatoms. The molecule has 0 spiro atoms. The average Bonchev–Trinajstić information content (AvgIpc) is 2.60. The van der Waals surface area contributed by atoms with E-state index in [9.17, 15) is 19.8 Å². The maximum Gasteiger partial charge on any atom is 0.220 e. The molecule has 1 aliphatic rings. The Morgan fingerprint density at radius 1 is 1.20 bits per heavy atom. The summed E-state index contributed by atoms with van der Waals surface area (Å²) in [7, 11) is 1.41. The van der Waals surface area contributed by atoms with Crippen molar-refractivity contribution >= 4 is 17.6 Å². The monoisotopic (exact) mass is 338 g/mol. The van der Waals surface area contributed by atoms with Crippen LogP contribution in [-0.4, -0.2) is 28.9 Å². The molecule has 0 saturated heterocycles. The summed E-state index contributed by atoms with van der Waals surface area (Å²) in [4.78, 5) is 23.3. The van der Waals surface area contributed by atoms with Crippen LogP contribution in [0.25, 0.3) is 6.08 Å². The summed E-state index contributed by atoms with van der Waals surface area (Å²) in [5.41, 5.74) is 1.45. The second kappa shape index (κ2) is 8.49. The third-order valence-electron chi connectivity index (χ3n) is 3.37. The number of carbonyl (C=O) groups is 2. The number of phenolic OH excluding ortho intramolecular Hbond substituents is 1. The fourth-order valence-electron chi connectivity index (χ4n) is 2.05. The van der Waals surface area contributed by atoms with E-state index in [4.69, 9.17) is 4.74 Å². The highest BCUT2D eigenvalue weighted by Crippen LogP contribution is 2.14. The lowest BCUT2D eigenvalue weighted by Gasteiger charge is -2.06. The van der Waals surface area contributed by atoms with Crippen LogP contribution < -0.4 is 0 Å². The second-order valence-electron chi connectivity index (χ2n) is 5.30. The molecule has 2 rings (SSSR count). The van der Waals surface area contributed by atoms with Crippen molar-refractivity contribution in [3.8, 4) is 5.75 Å². The van der Waals surface area contributed by atoms with E-state index in [2.05, 4.69) is 0 Å². The number of phenols is 1.